The number of imide groups is 1. The summed E-state index contributed by atoms with van der Waals surface area (Å²) in [5.41, 5.74) is 0.108. The highest BCUT2D eigenvalue weighted by Crippen LogP contribution is 2.53. The summed E-state index contributed by atoms with van der Waals surface area (Å²) < 4.78 is 11.4. The molecule has 3 aromatic carbocycles. The van der Waals surface area contributed by atoms with E-state index in [0.717, 1.165) is 5.56 Å². The Labute approximate surface area is 207 Å². The second-order valence-corrected chi connectivity index (χ2v) is 9.26. The smallest absolute Gasteiger partial charge is 0.329 e. The molecule has 3 aromatic rings. The number of fused-ring (bicyclic) bond motifs is 2. The molecule has 2 amide bonds. The van der Waals surface area contributed by atoms with Crippen LogP contribution in [0.3, 0.4) is 0 Å². The van der Waals surface area contributed by atoms with Crippen molar-refractivity contribution < 1.29 is 29.0 Å². The van der Waals surface area contributed by atoms with Crippen molar-refractivity contribution in [2.75, 3.05) is 13.2 Å². The summed E-state index contributed by atoms with van der Waals surface area (Å²) in [6, 6.07) is 22.4. The van der Waals surface area contributed by atoms with Crippen LogP contribution >= 0.6 is 0 Å². The zero-order valence-corrected chi connectivity index (χ0v) is 19.3. The van der Waals surface area contributed by atoms with Gasteiger partial charge in [0.2, 0.25) is 11.8 Å². The number of carboxylic acids is 1. The van der Waals surface area contributed by atoms with E-state index in [0.29, 0.717) is 35.8 Å². The summed E-state index contributed by atoms with van der Waals surface area (Å²) in [4.78, 5) is 41.9. The largest absolute Gasteiger partial charge is 0.486 e. The molecule has 3 heterocycles. The first kappa shape index (κ1) is 22.3. The minimum absolute atomic E-state index is 0.0872. The highest BCUT2D eigenvalue weighted by atomic mass is 16.6. The number of aliphatic carboxylic acids is 1. The Kier molecular flexibility index (Phi) is 5.26. The van der Waals surface area contributed by atoms with E-state index in [4.69, 9.17) is 9.47 Å². The normalized spacial score (nSPS) is 26.7. The third kappa shape index (κ3) is 3.29. The zero-order chi connectivity index (χ0) is 24.9. The van der Waals surface area contributed by atoms with E-state index in [1.807, 2.05) is 30.3 Å². The first-order chi connectivity index (χ1) is 17.5. The lowest BCUT2D eigenvalue weighted by molar-refractivity contribution is -0.152. The molecule has 36 heavy (non-hydrogen) atoms. The minimum atomic E-state index is -1.78. The monoisotopic (exact) mass is 484 g/mol. The number of ether oxygens (including phenoxy) is 2. The van der Waals surface area contributed by atoms with Crippen molar-refractivity contribution in [1.82, 2.24) is 10.2 Å². The summed E-state index contributed by atoms with van der Waals surface area (Å²) in [7, 11) is 0. The van der Waals surface area contributed by atoms with Gasteiger partial charge < -0.3 is 14.6 Å². The van der Waals surface area contributed by atoms with Crippen LogP contribution in [-0.2, 0) is 26.5 Å². The van der Waals surface area contributed by atoms with Gasteiger partial charge >= 0.3 is 5.97 Å². The average Bonchev–Trinajstić information content (AvgIpc) is 3.40. The van der Waals surface area contributed by atoms with Crippen molar-refractivity contribution in [3.63, 3.8) is 0 Å². The van der Waals surface area contributed by atoms with Crippen molar-refractivity contribution in [2.45, 2.75) is 18.1 Å². The summed E-state index contributed by atoms with van der Waals surface area (Å²) in [5.74, 6) is -2.99. The molecule has 0 radical (unpaired) electrons. The van der Waals surface area contributed by atoms with Gasteiger partial charge in [0.05, 0.1) is 18.4 Å². The van der Waals surface area contributed by atoms with Crippen LogP contribution in [0.2, 0.25) is 0 Å². The molecule has 2 saturated heterocycles. The number of rotatable bonds is 5. The molecule has 0 spiro atoms. The summed E-state index contributed by atoms with van der Waals surface area (Å²) in [6.07, 6.45) is 0. The molecule has 0 aliphatic carbocycles. The van der Waals surface area contributed by atoms with Crippen molar-refractivity contribution in [3.05, 3.63) is 95.6 Å². The quantitative estimate of drug-likeness (QED) is 0.537. The number of nitrogens with one attached hydrogen (secondary N) is 1. The lowest BCUT2D eigenvalue weighted by Gasteiger charge is -2.32. The molecule has 0 bridgehead atoms. The van der Waals surface area contributed by atoms with Gasteiger partial charge in [-0.05, 0) is 28.8 Å². The SMILES string of the molecule is O=C1C2C(c3ccc4c(c3)OCCO4)NC(C(=O)O)(c3ccccc3)C2C(=O)N1Cc1ccccc1. The number of nitrogens with zero attached hydrogens (tertiary/aromatic N) is 1. The second-order valence-electron chi connectivity index (χ2n) is 9.26. The van der Waals surface area contributed by atoms with E-state index in [-0.39, 0.29) is 12.5 Å². The molecule has 6 rings (SSSR count). The van der Waals surface area contributed by atoms with Gasteiger partial charge in [0, 0.05) is 6.04 Å². The maximum atomic E-state index is 13.9. The molecule has 0 aromatic heterocycles. The molecule has 4 unspecified atom stereocenters. The third-order valence-electron chi connectivity index (χ3n) is 7.33. The summed E-state index contributed by atoms with van der Waals surface area (Å²) in [6.45, 7) is 0.923. The van der Waals surface area contributed by atoms with Crippen molar-refractivity contribution >= 4 is 17.8 Å². The average molecular weight is 485 g/mol. The highest BCUT2D eigenvalue weighted by molar-refractivity contribution is 6.09. The van der Waals surface area contributed by atoms with Crippen LogP contribution in [0.4, 0.5) is 0 Å². The Balaban J connectivity index is 1.48. The Bertz CT molecular complexity index is 1340. The fraction of sp³-hybridized carbons (Fsp3) is 0.250. The number of carbonyl (C=O) groups excluding carboxylic acids is 2. The molecule has 4 atom stereocenters. The predicted molar refractivity (Wildman–Crippen MR) is 128 cm³/mol. The van der Waals surface area contributed by atoms with Gasteiger partial charge in [0.25, 0.3) is 0 Å². The number of carboxylic acid groups (broad SMARTS) is 1. The molecule has 2 N–H and O–H groups in total. The van der Waals surface area contributed by atoms with E-state index in [1.165, 1.54) is 4.90 Å². The van der Waals surface area contributed by atoms with Gasteiger partial charge in [-0.2, -0.15) is 0 Å². The minimum Gasteiger partial charge on any atom is -0.486 e. The summed E-state index contributed by atoms with van der Waals surface area (Å²) in [5, 5.41) is 13.8. The maximum Gasteiger partial charge on any atom is 0.329 e. The van der Waals surface area contributed by atoms with E-state index in [2.05, 4.69) is 5.32 Å². The Hall–Kier alpha value is -4.17. The Morgan fingerprint density at radius 1 is 0.917 bits per heavy atom. The second kappa shape index (κ2) is 8.49. The van der Waals surface area contributed by atoms with E-state index < -0.39 is 35.3 Å². The third-order valence-corrected chi connectivity index (χ3v) is 7.33. The molecule has 0 saturated carbocycles. The van der Waals surface area contributed by atoms with Crippen LogP contribution in [-0.4, -0.2) is 41.0 Å². The van der Waals surface area contributed by atoms with Crippen LogP contribution in [0, 0.1) is 11.8 Å². The van der Waals surface area contributed by atoms with Crippen LogP contribution < -0.4 is 14.8 Å². The number of amides is 2. The van der Waals surface area contributed by atoms with E-state index in [1.54, 1.807) is 48.5 Å². The fourth-order valence-corrected chi connectivity index (χ4v) is 5.72. The molecule has 2 fully saturated rings. The molecule has 182 valence electrons. The van der Waals surface area contributed by atoms with Gasteiger partial charge in [-0.25, -0.2) is 4.79 Å². The number of benzene rings is 3. The predicted octanol–water partition coefficient (Wildman–Crippen LogP) is 2.88. The molecule has 3 aliphatic rings. The van der Waals surface area contributed by atoms with Gasteiger partial charge in [-0.1, -0.05) is 66.7 Å². The maximum absolute atomic E-state index is 13.9. The van der Waals surface area contributed by atoms with Gasteiger partial charge in [-0.3, -0.25) is 19.8 Å². The lowest BCUT2D eigenvalue weighted by atomic mass is 9.75. The summed E-state index contributed by atoms with van der Waals surface area (Å²) >= 11 is 0. The van der Waals surface area contributed by atoms with E-state index >= 15 is 0 Å². The molecular formula is C28H24N2O6. The highest BCUT2D eigenvalue weighted by Gasteiger charge is 2.69. The lowest BCUT2D eigenvalue weighted by Crippen LogP contribution is -2.53. The van der Waals surface area contributed by atoms with E-state index in [9.17, 15) is 19.5 Å². The van der Waals surface area contributed by atoms with Gasteiger partial charge in [0.1, 0.15) is 13.2 Å². The molecule has 3 aliphatic heterocycles. The molecule has 8 nitrogen and oxygen atoms in total. The van der Waals surface area contributed by atoms with Gasteiger partial charge in [0.15, 0.2) is 17.0 Å². The number of carbonyl (C=O) groups is 3. The first-order valence-corrected chi connectivity index (χ1v) is 11.9. The Morgan fingerprint density at radius 2 is 1.58 bits per heavy atom. The van der Waals surface area contributed by atoms with Crippen molar-refractivity contribution in [2.24, 2.45) is 11.8 Å². The number of hydrogen-bond acceptors (Lipinski definition) is 6. The van der Waals surface area contributed by atoms with Crippen LogP contribution in [0.5, 0.6) is 11.5 Å². The fourth-order valence-electron chi connectivity index (χ4n) is 5.72. The standard InChI is InChI=1S/C28H24N2O6/c31-25-22-23(26(32)30(25)16-17-7-3-1-4-8-17)28(27(33)34,19-9-5-2-6-10-19)29-24(22)18-11-12-20-21(15-18)36-14-13-35-20/h1-12,15,22-24,29H,13-14,16H2,(H,33,34). The number of likely N-dealkylation sites (tertiary alicyclic amines) is 1. The van der Waals surface area contributed by atoms with Crippen LogP contribution in [0.1, 0.15) is 22.7 Å². The zero-order valence-electron chi connectivity index (χ0n) is 19.3. The van der Waals surface area contributed by atoms with Crippen molar-refractivity contribution in [1.29, 1.82) is 0 Å². The Morgan fingerprint density at radius 3 is 2.28 bits per heavy atom. The van der Waals surface area contributed by atoms with Gasteiger partial charge in [-0.15, -0.1) is 0 Å². The first-order valence-electron chi connectivity index (χ1n) is 11.9. The van der Waals surface area contributed by atoms with Crippen LogP contribution in [0.25, 0.3) is 0 Å². The van der Waals surface area contributed by atoms with Crippen molar-refractivity contribution in [3.8, 4) is 11.5 Å². The number of hydrogen-bond donors (Lipinski definition) is 2. The van der Waals surface area contributed by atoms with Crippen LogP contribution in [0.15, 0.2) is 78.9 Å². The molecular weight excluding hydrogens is 460 g/mol. The molecule has 8 heteroatoms. The topological polar surface area (TPSA) is 105 Å².